The van der Waals surface area contributed by atoms with Crippen molar-refractivity contribution in [1.29, 1.82) is 5.41 Å². The van der Waals surface area contributed by atoms with E-state index in [4.69, 9.17) is 15.7 Å². The molecule has 0 aliphatic heterocycles. The van der Waals surface area contributed by atoms with E-state index in [9.17, 15) is 0 Å². The van der Waals surface area contributed by atoms with Crippen LogP contribution in [-0.4, -0.2) is 15.0 Å². The Morgan fingerprint density at radius 1 is 1.64 bits per heavy atom. The van der Waals surface area contributed by atoms with E-state index in [1.165, 1.54) is 6.07 Å². The van der Waals surface area contributed by atoms with Crippen LogP contribution in [0.15, 0.2) is 12.3 Å². The molecule has 60 valence electrons. The Hall–Kier alpha value is -1.45. The monoisotopic (exact) mass is 154 g/mol. The van der Waals surface area contributed by atoms with Gasteiger partial charge in [-0.15, -0.1) is 0 Å². The van der Waals surface area contributed by atoms with Crippen LogP contribution in [0.5, 0.6) is 5.75 Å². The van der Waals surface area contributed by atoms with Crippen LogP contribution >= 0.6 is 0 Å². The SMILES string of the molecule is CCc1cc(=N)n(O)cc1O. The largest absolute Gasteiger partial charge is 0.506 e. The van der Waals surface area contributed by atoms with Crippen molar-refractivity contribution in [1.82, 2.24) is 4.73 Å². The van der Waals surface area contributed by atoms with Gasteiger partial charge in [0.05, 0.1) is 6.20 Å². The van der Waals surface area contributed by atoms with Gasteiger partial charge in [-0.1, -0.05) is 6.92 Å². The molecule has 3 N–H and O–H groups in total. The Morgan fingerprint density at radius 3 is 2.82 bits per heavy atom. The standard InChI is InChI=1S/C7H10N2O2/c1-2-5-3-7(8)9(11)4-6(5)10/h3-4,8,10-11H,2H2,1H3. The third kappa shape index (κ3) is 1.34. The lowest BCUT2D eigenvalue weighted by atomic mass is 10.2. The first-order chi connectivity index (χ1) is 5.15. The zero-order chi connectivity index (χ0) is 8.43. The van der Waals surface area contributed by atoms with Crippen molar-refractivity contribution in [2.75, 3.05) is 0 Å². The number of rotatable bonds is 1. The second-order valence-corrected chi connectivity index (χ2v) is 2.27. The molecule has 0 saturated heterocycles. The molecule has 0 amide bonds. The summed E-state index contributed by atoms with van der Waals surface area (Å²) in [7, 11) is 0. The maximum Gasteiger partial charge on any atom is 0.161 e. The molecular formula is C7H10N2O2. The van der Waals surface area contributed by atoms with E-state index in [-0.39, 0.29) is 11.2 Å². The molecule has 1 heterocycles. The Labute approximate surface area is 63.8 Å². The minimum Gasteiger partial charge on any atom is -0.506 e. The van der Waals surface area contributed by atoms with Crippen LogP contribution in [0.4, 0.5) is 0 Å². The second kappa shape index (κ2) is 2.65. The molecule has 11 heavy (non-hydrogen) atoms. The van der Waals surface area contributed by atoms with E-state index < -0.39 is 0 Å². The van der Waals surface area contributed by atoms with E-state index in [0.717, 1.165) is 6.20 Å². The number of nitrogens with zero attached hydrogens (tertiary/aromatic N) is 1. The third-order valence-corrected chi connectivity index (χ3v) is 1.51. The third-order valence-electron chi connectivity index (χ3n) is 1.51. The molecule has 4 heteroatoms. The van der Waals surface area contributed by atoms with Gasteiger partial charge < -0.3 is 10.3 Å². The van der Waals surface area contributed by atoms with Gasteiger partial charge >= 0.3 is 0 Å². The van der Waals surface area contributed by atoms with Crippen LogP contribution in [0.2, 0.25) is 0 Å². The van der Waals surface area contributed by atoms with Gasteiger partial charge in [0.15, 0.2) is 5.49 Å². The summed E-state index contributed by atoms with van der Waals surface area (Å²) in [6.45, 7) is 1.87. The lowest BCUT2D eigenvalue weighted by Gasteiger charge is -2.02. The van der Waals surface area contributed by atoms with Crippen LogP contribution < -0.4 is 5.49 Å². The number of nitrogens with one attached hydrogen (secondary N) is 1. The van der Waals surface area contributed by atoms with Crippen molar-refractivity contribution < 1.29 is 10.3 Å². The van der Waals surface area contributed by atoms with Crippen LogP contribution in [0, 0.1) is 5.41 Å². The molecular weight excluding hydrogens is 144 g/mol. The molecule has 1 rings (SSSR count). The molecule has 0 fully saturated rings. The van der Waals surface area contributed by atoms with E-state index in [2.05, 4.69) is 0 Å². The van der Waals surface area contributed by atoms with E-state index in [1.807, 2.05) is 6.92 Å². The van der Waals surface area contributed by atoms with Gasteiger partial charge in [0.25, 0.3) is 0 Å². The average Bonchev–Trinajstić information content (AvgIpc) is 1.97. The number of pyridine rings is 1. The number of aryl methyl sites for hydroxylation is 1. The Morgan fingerprint density at radius 2 is 2.27 bits per heavy atom. The summed E-state index contributed by atoms with van der Waals surface area (Å²) in [5.41, 5.74) is 0.639. The number of aromatic nitrogens is 1. The first-order valence-corrected chi connectivity index (χ1v) is 3.33. The van der Waals surface area contributed by atoms with Crippen molar-refractivity contribution >= 4 is 0 Å². The fourth-order valence-corrected chi connectivity index (χ4v) is 0.857. The highest BCUT2D eigenvalue weighted by atomic mass is 16.5. The minimum atomic E-state index is -0.0281. The normalized spacial score (nSPS) is 9.91. The molecule has 0 unspecified atom stereocenters. The fourth-order valence-electron chi connectivity index (χ4n) is 0.857. The van der Waals surface area contributed by atoms with Crippen LogP contribution in [0.1, 0.15) is 12.5 Å². The average molecular weight is 154 g/mol. The van der Waals surface area contributed by atoms with Crippen molar-refractivity contribution in [2.24, 2.45) is 0 Å². The minimum absolute atomic E-state index is 0.0194. The van der Waals surface area contributed by atoms with E-state index in [0.29, 0.717) is 16.7 Å². The van der Waals surface area contributed by atoms with Crippen LogP contribution in [-0.2, 0) is 6.42 Å². The Balaban J connectivity index is 3.32. The van der Waals surface area contributed by atoms with Crippen molar-refractivity contribution in [3.05, 3.63) is 23.3 Å². The highest BCUT2D eigenvalue weighted by Crippen LogP contribution is 2.12. The summed E-state index contributed by atoms with van der Waals surface area (Å²) in [5, 5.41) is 25.2. The summed E-state index contributed by atoms with van der Waals surface area (Å²) in [5.74, 6) is 0.0194. The zero-order valence-corrected chi connectivity index (χ0v) is 6.20. The lowest BCUT2D eigenvalue weighted by Crippen LogP contribution is -2.16. The predicted octanol–water partition coefficient (Wildman–Crippen LogP) is 0.473. The van der Waals surface area contributed by atoms with Gasteiger partial charge in [0.2, 0.25) is 0 Å². The number of hydrogen-bond acceptors (Lipinski definition) is 3. The smallest absolute Gasteiger partial charge is 0.161 e. The topological polar surface area (TPSA) is 69.2 Å². The second-order valence-electron chi connectivity index (χ2n) is 2.27. The lowest BCUT2D eigenvalue weighted by molar-refractivity contribution is 0.167. The van der Waals surface area contributed by atoms with Gasteiger partial charge in [-0.3, -0.25) is 5.41 Å². The van der Waals surface area contributed by atoms with E-state index >= 15 is 0 Å². The number of aromatic hydroxyl groups is 1. The first-order valence-electron chi connectivity index (χ1n) is 3.33. The highest BCUT2D eigenvalue weighted by Gasteiger charge is 1.99. The fraction of sp³-hybridized carbons (Fsp3) is 0.286. The molecule has 0 spiro atoms. The summed E-state index contributed by atoms with van der Waals surface area (Å²) < 4.78 is 0.578. The van der Waals surface area contributed by atoms with Crippen LogP contribution in [0.25, 0.3) is 0 Å². The predicted molar refractivity (Wildman–Crippen MR) is 38.5 cm³/mol. The van der Waals surface area contributed by atoms with E-state index in [1.54, 1.807) is 0 Å². The maximum absolute atomic E-state index is 9.15. The van der Waals surface area contributed by atoms with Crippen molar-refractivity contribution in [3.8, 4) is 5.75 Å². The van der Waals surface area contributed by atoms with Crippen molar-refractivity contribution in [2.45, 2.75) is 13.3 Å². The van der Waals surface area contributed by atoms with Gasteiger partial charge in [-0.25, -0.2) is 0 Å². The summed E-state index contributed by atoms with van der Waals surface area (Å²) in [6, 6.07) is 1.43. The summed E-state index contributed by atoms with van der Waals surface area (Å²) in [6.07, 6.45) is 1.76. The number of hydrogen-bond donors (Lipinski definition) is 3. The summed E-state index contributed by atoms with van der Waals surface area (Å²) >= 11 is 0. The van der Waals surface area contributed by atoms with Crippen molar-refractivity contribution in [3.63, 3.8) is 0 Å². The first kappa shape index (κ1) is 7.65. The molecule has 1 aromatic rings. The molecule has 0 bridgehead atoms. The van der Waals surface area contributed by atoms with Gasteiger partial charge in [-0.2, -0.15) is 4.73 Å². The van der Waals surface area contributed by atoms with Gasteiger partial charge in [0, 0.05) is 0 Å². The zero-order valence-electron chi connectivity index (χ0n) is 6.20. The molecule has 0 aromatic carbocycles. The molecule has 0 aliphatic rings. The molecule has 0 saturated carbocycles. The quantitative estimate of drug-likeness (QED) is 0.515. The molecule has 4 nitrogen and oxygen atoms in total. The van der Waals surface area contributed by atoms with Gasteiger partial charge in [0.1, 0.15) is 5.75 Å². The molecule has 0 radical (unpaired) electrons. The summed E-state index contributed by atoms with van der Waals surface area (Å²) in [4.78, 5) is 0. The van der Waals surface area contributed by atoms with Crippen LogP contribution in [0.3, 0.4) is 0 Å². The molecule has 0 atom stereocenters. The molecule has 0 aliphatic carbocycles. The maximum atomic E-state index is 9.15. The van der Waals surface area contributed by atoms with Gasteiger partial charge in [-0.05, 0) is 18.1 Å². The Kier molecular flexibility index (Phi) is 1.85. The Bertz CT molecular complexity index is 317. The highest BCUT2D eigenvalue weighted by molar-refractivity contribution is 5.27. The molecule has 1 aromatic heterocycles.